The van der Waals surface area contributed by atoms with E-state index in [9.17, 15) is 14.4 Å². The Labute approximate surface area is 157 Å². The number of esters is 1. The molecule has 0 aliphatic carbocycles. The predicted octanol–water partition coefficient (Wildman–Crippen LogP) is 3.82. The lowest BCUT2D eigenvalue weighted by atomic mass is 9.80. The van der Waals surface area contributed by atoms with E-state index in [0.29, 0.717) is 47.6 Å². The van der Waals surface area contributed by atoms with Crippen molar-refractivity contribution in [3.63, 3.8) is 0 Å². The van der Waals surface area contributed by atoms with E-state index < -0.39 is 17.7 Å². The highest BCUT2D eigenvalue weighted by Crippen LogP contribution is 2.41. The first-order chi connectivity index (χ1) is 12.4. The molecule has 1 aromatic rings. The third-order valence-electron chi connectivity index (χ3n) is 4.22. The first-order valence-electron chi connectivity index (χ1n) is 8.07. The van der Waals surface area contributed by atoms with Crippen molar-refractivity contribution in [1.29, 1.82) is 5.26 Å². The molecule has 5 nitrogen and oxygen atoms in total. The Hall–Kier alpha value is -2.36. The summed E-state index contributed by atoms with van der Waals surface area (Å²) < 4.78 is 23.5. The fraction of sp³-hybridized carbons (Fsp3) is 0.368. The molecule has 0 saturated carbocycles. The van der Waals surface area contributed by atoms with Gasteiger partial charge in [-0.3, -0.25) is 0 Å². The molecule has 0 amide bonds. The smallest absolute Gasteiger partial charge is 0.336 e. The van der Waals surface area contributed by atoms with Gasteiger partial charge in [0.05, 0.1) is 30.2 Å². The van der Waals surface area contributed by atoms with Gasteiger partial charge in [-0.05, 0) is 37.5 Å². The fourth-order valence-electron chi connectivity index (χ4n) is 3.03. The number of hydrogen-bond acceptors (Lipinski definition) is 5. The maximum absolute atomic E-state index is 13.5. The molecule has 1 aliphatic heterocycles. The molecule has 0 fully saturated rings. The Morgan fingerprint density at radius 3 is 2.73 bits per heavy atom. The minimum atomic E-state index is -0.723. The monoisotopic (exact) mass is 378 g/mol. The maximum Gasteiger partial charge on any atom is 0.336 e. The van der Waals surface area contributed by atoms with Gasteiger partial charge in [-0.25, -0.2) is 9.18 Å². The third-order valence-corrected chi connectivity index (χ3v) is 4.55. The van der Waals surface area contributed by atoms with Gasteiger partial charge in [0, 0.05) is 30.1 Å². The van der Waals surface area contributed by atoms with Crippen LogP contribution in [0.15, 0.2) is 40.7 Å². The van der Waals surface area contributed by atoms with E-state index in [0.717, 1.165) is 0 Å². The number of nitrogens with zero attached hydrogens (tertiary/aromatic N) is 1. The lowest BCUT2D eigenvalue weighted by Crippen LogP contribution is -2.29. The van der Waals surface area contributed by atoms with Crippen LogP contribution in [-0.2, 0) is 14.3 Å². The number of carbonyl (C=O) groups excluding carboxylic acids is 1. The van der Waals surface area contributed by atoms with Crippen molar-refractivity contribution in [2.75, 3.05) is 20.8 Å². The number of halogens is 2. The van der Waals surface area contributed by atoms with Crippen LogP contribution in [0.5, 0.6) is 0 Å². The van der Waals surface area contributed by atoms with Gasteiger partial charge in [-0.2, -0.15) is 5.26 Å². The molecule has 0 spiro atoms. The molecule has 0 radical (unpaired) electrons. The average molecular weight is 379 g/mol. The minimum Gasteiger partial charge on any atom is -0.466 e. The van der Waals surface area contributed by atoms with Gasteiger partial charge in [-0.1, -0.05) is 17.7 Å². The van der Waals surface area contributed by atoms with Crippen molar-refractivity contribution in [2.45, 2.75) is 25.7 Å². The minimum absolute atomic E-state index is 0.148. The van der Waals surface area contributed by atoms with Gasteiger partial charge >= 0.3 is 5.97 Å². The van der Waals surface area contributed by atoms with Crippen molar-refractivity contribution in [2.24, 2.45) is 0 Å². The fourth-order valence-corrected chi connectivity index (χ4v) is 3.31. The Kier molecular flexibility index (Phi) is 6.78. The molecule has 7 heteroatoms. The molecule has 1 heterocycles. The molecule has 0 aromatic heterocycles. The number of rotatable bonds is 6. The Morgan fingerprint density at radius 1 is 1.42 bits per heavy atom. The zero-order valence-electron chi connectivity index (χ0n) is 14.9. The molecular weight excluding hydrogens is 359 g/mol. The molecular formula is C19H20ClFN2O3. The summed E-state index contributed by atoms with van der Waals surface area (Å²) in [7, 11) is 2.88. The number of nitriles is 1. The van der Waals surface area contributed by atoms with E-state index in [4.69, 9.17) is 21.1 Å². The lowest BCUT2D eigenvalue weighted by Gasteiger charge is -2.30. The SMILES string of the molecule is COCCCC1=C(C(=O)OC)C(c2ccc(F)cc2Cl)C(C#N)=C(C)N1. The van der Waals surface area contributed by atoms with Gasteiger partial charge in [0.15, 0.2) is 0 Å². The molecule has 0 saturated heterocycles. The van der Waals surface area contributed by atoms with Crippen molar-refractivity contribution in [1.82, 2.24) is 5.32 Å². The third kappa shape index (κ3) is 4.06. The van der Waals surface area contributed by atoms with E-state index in [1.54, 1.807) is 14.0 Å². The van der Waals surface area contributed by atoms with Crippen LogP contribution in [0.3, 0.4) is 0 Å². The van der Waals surface area contributed by atoms with E-state index in [-0.39, 0.29) is 5.02 Å². The van der Waals surface area contributed by atoms with Crippen molar-refractivity contribution < 1.29 is 18.7 Å². The molecule has 26 heavy (non-hydrogen) atoms. The summed E-state index contributed by atoms with van der Waals surface area (Å²) in [6.45, 7) is 2.28. The van der Waals surface area contributed by atoms with E-state index >= 15 is 0 Å². The topological polar surface area (TPSA) is 71.3 Å². The number of ether oxygens (including phenoxy) is 2. The van der Waals surface area contributed by atoms with Gasteiger partial charge in [0.1, 0.15) is 5.82 Å². The number of carbonyl (C=O) groups is 1. The highest BCUT2D eigenvalue weighted by atomic mass is 35.5. The second-order valence-electron chi connectivity index (χ2n) is 5.85. The van der Waals surface area contributed by atoms with Gasteiger partial charge < -0.3 is 14.8 Å². The van der Waals surface area contributed by atoms with E-state index in [2.05, 4.69) is 11.4 Å². The van der Waals surface area contributed by atoms with Crippen LogP contribution in [0.1, 0.15) is 31.2 Å². The molecule has 138 valence electrons. The summed E-state index contributed by atoms with van der Waals surface area (Å²) >= 11 is 6.23. The van der Waals surface area contributed by atoms with Crippen LogP contribution >= 0.6 is 11.6 Å². The molecule has 2 rings (SSSR count). The van der Waals surface area contributed by atoms with Crippen LogP contribution in [0.4, 0.5) is 4.39 Å². The summed E-state index contributed by atoms with van der Waals surface area (Å²) in [6, 6.07) is 6.06. The first kappa shape index (κ1) is 20.0. The number of benzene rings is 1. The second kappa shape index (κ2) is 8.84. The number of methoxy groups -OCH3 is 2. The number of dihydropyridines is 1. The standard InChI is InChI=1S/C19H20ClFN2O3/c1-11-14(10-22)17(13-7-6-12(21)9-15(13)20)18(19(24)26-3)16(23-11)5-4-8-25-2/h6-7,9,17,23H,4-5,8H2,1-3H3. The predicted molar refractivity (Wildman–Crippen MR) is 95.8 cm³/mol. The van der Waals surface area contributed by atoms with Crippen LogP contribution in [0.25, 0.3) is 0 Å². The number of allylic oxidation sites excluding steroid dienone is 3. The molecule has 1 N–H and O–H groups in total. The van der Waals surface area contributed by atoms with Crippen molar-refractivity contribution in [3.05, 3.63) is 57.1 Å². The number of hydrogen-bond donors (Lipinski definition) is 1. The second-order valence-corrected chi connectivity index (χ2v) is 6.26. The quantitative estimate of drug-likeness (QED) is 0.602. The zero-order valence-corrected chi connectivity index (χ0v) is 15.6. The summed E-state index contributed by atoms with van der Waals surface area (Å²) in [6.07, 6.45) is 1.21. The zero-order chi connectivity index (χ0) is 19.3. The molecule has 0 bridgehead atoms. The molecule has 1 unspecified atom stereocenters. The van der Waals surface area contributed by atoms with E-state index in [1.165, 1.54) is 25.3 Å². The van der Waals surface area contributed by atoms with Crippen LogP contribution in [-0.4, -0.2) is 26.8 Å². The first-order valence-corrected chi connectivity index (χ1v) is 8.45. The highest BCUT2D eigenvalue weighted by molar-refractivity contribution is 6.31. The molecule has 1 aromatic carbocycles. The maximum atomic E-state index is 13.5. The largest absolute Gasteiger partial charge is 0.466 e. The summed E-state index contributed by atoms with van der Waals surface area (Å²) in [5.74, 6) is -1.77. The van der Waals surface area contributed by atoms with Crippen LogP contribution < -0.4 is 5.32 Å². The Bertz CT molecular complexity index is 811. The highest BCUT2D eigenvalue weighted by Gasteiger charge is 2.36. The number of nitrogens with one attached hydrogen (secondary N) is 1. The Morgan fingerprint density at radius 2 is 2.15 bits per heavy atom. The van der Waals surface area contributed by atoms with Crippen LogP contribution in [0, 0.1) is 17.1 Å². The van der Waals surface area contributed by atoms with E-state index in [1.807, 2.05) is 0 Å². The van der Waals surface area contributed by atoms with Gasteiger partial charge in [0.25, 0.3) is 0 Å². The van der Waals surface area contributed by atoms with Crippen molar-refractivity contribution in [3.8, 4) is 6.07 Å². The lowest BCUT2D eigenvalue weighted by molar-refractivity contribution is -0.136. The average Bonchev–Trinajstić information content (AvgIpc) is 2.61. The van der Waals surface area contributed by atoms with Crippen LogP contribution in [0.2, 0.25) is 5.02 Å². The summed E-state index contributed by atoms with van der Waals surface area (Å²) in [5, 5.41) is 12.9. The van der Waals surface area contributed by atoms with Gasteiger partial charge in [-0.15, -0.1) is 0 Å². The summed E-state index contributed by atoms with van der Waals surface area (Å²) in [4.78, 5) is 12.5. The molecule has 1 atom stereocenters. The normalized spacial score (nSPS) is 17.0. The van der Waals surface area contributed by atoms with Gasteiger partial charge in [0.2, 0.25) is 0 Å². The summed E-state index contributed by atoms with van der Waals surface area (Å²) in [5.41, 5.74) is 2.40. The Balaban J connectivity index is 2.64. The molecule has 1 aliphatic rings. The van der Waals surface area contributed by atoms with Crippen molar-refractivity contribution >= 4 is 17.6 Å².